The van der Waals surface area contributed by atoms with Gasteiger partial charge in [-0.15, -0.1) is 0 Å². The Morgan fingerprint density at radius 2 is 0.874 bits per heavy atom. The molecule has 0 atom stereocenters. The van der Waals surface area contributed by atoms with Crippen LogP contribution >= 0.6 is 0 Å². The van der Waals surface area contributed by atoms with Gasteiger partial charge in [-0.05, 0) is 158 Å². The van der Waals surface area contributed by atoms with Crippen molar-refractivity contribution in [3.8, 4) is 50.8 Å². The lowest BCUT2D eigenvalue weighted by atomic mass is 9.33. The number of aromatic nitrogens is 2. The highest BCUT2D eigenvalue weighted by molar-refractivity contribution is 7.00. The van der Waals surface area contributed by atoms with Crippen molar-refractivity contribution in [2.24, 2.45) is 0 Å². The minimum absolute atomic E-state index is 0.158. The molecule has 0 radical (unpaired) electrons. The minimum Gasteiger partial charge on any atom is -0.456 e. The van der Waals surface area contributed by atoms with Gasteiger partial charge in [0.2, 0.25) is 0 Å². The lowest BCUT2D eigenvalue weighted by Gasteiger charge is -2.45. The van der Waals surface area contributed by atoms with Crippen LogP contribution in [0.3, 0.4) is 0 Å². The van der Waals surface area contributed by atoms with Gasteiger partial charge in [-0.3, -0.25) is 0 Å². The highest BCUT2D eigenvalue weighted by Crippen LogP contribution is 2.53. The predicted octanol–water partition coefficient (Wildman–Crippen LogP) is 23.6. The molecule has 0 N–H and O–H groups in total. The van der Waals surface area contributed by atoms with Gasteiger partial charge in [-0.2, -0.15) is 5.26 Å². The zero-order chi connectivity index (χ0) is 69.1. The Kier molecular flexibility index (Phi) is 13.3. The van der Waals surface area contributed by atoms with E-state index in [-0.39, 0.29) is 17.5 Å². The molecule has 13 aromatic carbocycles. The number of allylic oxidation sites excluding steroid dienone is 3. The molecule has 0 saturated carbocycles. The number of anilines is 6. The van der Waals surface area contributed by atoms with E-state index in [9.17, 15) is 5.26 Å². The van der Waals surface area contributed by atoms with Gasteiger partial charge in [0, 0.05) is 118 Å². The van der Waals surface area contributed by atoms with Gasteiger partial charge in [0.25, 0.3) is 6.71 Å². The number of furan rings is 2. The monoisotopic (exact) mass is 1320 g/mol. The van der Waals surface area contributed by atoms with E-state index in [2.05, 4.69) is 352 Å². The standard InChI is InChI=1S/C95H70BN5O2/c1-94(2,3)62-40-46-81(72(53-62)59-25-9-7-10-26-59)100-83-55-64(98-77-35-19-14-29-67(77)68-30-15-20-36-78(68)98)42-44-75(83)96-76-45-43-65(99-79-37-21-16-31-69(79)74-50-58(57-97)24-13-18-38-80(74)99)56-84(76)101(82-47-41-63(95(4,5)6)54-73(82)60-27-11-8-12-28-60)86-52-61(51-85(100)92(86)96)66-33-23-34-71-91-89(103-93(66)71)49-48-88-90(91)70-32-17-22-39-87(70)102-88/h7-23,25-37,39-56H,24,38H2,1-6H3/b18-13-,58-50+. The Bertz CT molecular complexity index is 6500. The van der Waals surface area contributed by atoms with E-state index in [1.165, 1.54) is 38.3 Å². The van der Waals surface area contributed by atoms with Gasteiger partial charge in [-0.1, -0.05) is 230 Å². The maximum Gasteiger partial charge on any atom is 0.252 e. The van der Waals surface area contributed by atoms with E-state index in [1.807, 2.05) is 6.07 Å². The molecule has 0 bridgehead atoms. The first-order valence-corrected chi connectivity index (χ1v) is 35.9. The molecule has 7 nitrogen and oxygen atoms in total. The third kappa shape index (κ3) is 9.28. The molecule has 0 fully saturated rings. The number of para-hydroxylation sites is 5. The van der Waals surface area contributed by atoms with Crippen LogP contribution in [0.15, 0.2) is 300 Å². The highest BCUT2D eigenvalue weighted by Gasteiger charge is 2.46. The van der Waals surface area contributed by atoms with E-state index in [1.54, 1.807) is 0 Å². The molecule has 490 valence electrons. The summed E-state index contributed by atoms with van der Waals surface area (Å²) < 4.78 is 18.9. The summed E-state index contributed by atoms with van der Waals surface area (Å²) in [5.41, 5.74) is 30.4. The molecule has 0 amide bonds. The topological polar surface area (TPSA) is 66.4 Å². The second kappa shape index (κ2) is 22.7. The van der Waals surface area contributed by atoms with Crippen molar-refractivity contribution in [2.75, 3.05) is 9.80 Å². The number of fused-ring (bicyclic) bond motifs is 17. The molecular weight excluding hydrogens is 1250 g/mol. The highest BCUT2D eigenvalue weighted by atomic mass is 16.3. The number of rotatable bonds is 7. The molecule has 17 aromatic rings. The number of hydrogen-bond donors (Lipinski definition) is 0. The third-order valence-electron chi connectivity index (χ3n) is 22.1. The molecule has 3 aliphatic rings. The van der Waals surface area contributed by atoms with Crippen molar-refractivity contribution in [3.63, 3.8) is 0 Å². The Morgan fingerprint density at radius 1 is 0.379 bits per heavy atom. The number of nitrogens with zero attached hydrogens (tertiary/aromatic N) is 5. The number of benzene rings is 13. The SMILES string of the molecule is CC(C)(C)c1ccc(N2c3cc(-n4c5c(c6ccccc64)/C=C(/C#N)C/C=C\C5)ccc3B3c4ccc(-n5c6ccccc6c6ccccc65)cc4N(c4ccc(C(C)(C)C)cc4-c4ccccc4)c4cc(-c5cccc6c5oc5ccc7oc8ccccc8c7c56)cc2c43)c(-c2ccccc2)c1. The van der Waals surface area contributed by atoms with Crippen molar-refractivity contribution in [1.82, 2.24) is 9.13 Å². The molecule has 6 heterocycles. The molecule has 103 heavy (non-hydrogen) atoms. The Labute approximate surface area is 598 Å². The summed E-state index contributed by atoms with van der Waals surface area (Å²) in [6.07, 6.45) is 7.81. The van der Waals surface area contributed by atoms with Crippen LogP contribution in [0.1, 0.15) is 70.3 Å². The second-order valence-corrected chi connectivity index (χ2v) is 30.2. The molecule has 2 aliphatic heterocycles. The summed E-state index contributed by atoms with van der Waals surface area (Å²) in [6.45, 7) is 13.6. The summed E-state index contributed by atoms with van der Waals surface area (Å²) in [5.74, 6) is 0. The summed E-state index contributed by atoms with van der Waals surface area (Å²) >= 11 is 0. The molecular formula is C95H70BN5O2. The van der Waals surface area contributed by atoms with Crippen molar-refractivity contribution < 1.29 is 8.83 Å². The molecule has 0 spiro atoms. The first-order chi connectivity index (χ1) is 50.3. The van der Waals surface area contributed by atoms with Crippen LogP contribution in [-0.2, 0) is 17.3 Å². The van der Waals surface area contributed by atoms with Crippen LogP contribution in [-0.4, -0.2) is 15.8 Å². The first kappa shape index (κ1) is 60.4. The molecule has 20 rings (SSSR count). The Balaban J connectivity index is 0.953. The smallest absolute Gasteiger partial charge is 0.252 e. The molecule has 4 aromatic heterocycles. The van der Waals surface area contributed by atoms with Gasteiger partial charge in [0.05, 0.1) is 34.0 Å². The quantitative estimate of drug-likeness (QED) is 0.117. The van der Waals surface area contributed by atoms with E-state index < -0.39 is 0 Å². The fourth-order valence-electron chi connectivity index (χ4n) is 17.2. The maximum atomic E-state index is 10.6. The predicted molar refractivity (Wildman–Crippen MR) is 431 cm³/mol. The van der Waals surface area contributed by atoms with Crippen LogP contribution in [0, 0.1) is 11.3 Å². The average molecular weight is 1320 g/mol. The van der Waals surface area contributed by atoms with Crippen LogP contribution < -0.4 is 26.2 Å². The summed E-state index contributed by atoms with van der Waals surface area (Å²) in [7, 11) is 0. The zero-order valence-corrected chi connectivity index (χ0v) is 58.3. The second-order valence-electron chi connectivity index (χ2n) is 30.2. The number of nitriles is 1. The van der Waals surface area contributed by atoms with Crippen LogP contribution in [0.5, 0.6) is 0 Å². The van der Waals surface area contributed by atoms with E-state index in [0.717, 1.165) is 162 Å². The fourth-order valence-corrected chi connectivity index (χ4v) is 17.2. The fraction of sp³-hybridized carbons (Fsp3) is 0.105. The summed E-state index contributed by atoms with van der Waals surface area (Å²) in [4.78, 5) is 5.24. The van der Waals surface area contributed by atoms with E-state index >= 15 is 0 Å². The average Bonchev–Trinajstić information content (AvgIpc) is 0.766. The van der Waals surface area contributed by atoms with Crippen LogP contribution in [0.4, 0.5) is 34.1 Å². The zero-order valence-electron chi connectivity index (χ0n) is 58.3. The van der Waals surface area contributed by atoms with Gasteiger partial charge < -0.3 is 27.8 Å². The van der Waals surface area contributed by atoms with Crippen molar-refractivity contribution in [2.45, 2.75) is 65.2 Å². The van der Waals surface area contributed by atoms with Crippen LogP contribution in [0.25, 0.3) is 127 Å². The molecule has 0 saturated heterocycles. The third-order valence-corrected chi connectivity index (χ3v) is 22.1. The van der Waals surface area contributed by atoms with Gasteiger partial charge in [0.15, 0.2) is 0 Å². The Hall–Kier alpha value is -12.6. The first-order valence-electron chi connectivity index (χ1n) is 35.9. The lowest BCUT2D eigenvalue weighted by molar-refractivity contribution is 0.590. The van der Waals surface area contributed by atoms with E-state index in [4.69, 9.17) is 8.83 Å². The lowest BCUT2D eigenvalue weighted by Crippen LogP contribution is -2.61. The molecule has 0 unspecified atom stereocenters. The molecule has 1 aliphatic carbocycles. The van der Waals surface area contributed by atoms with Gasteiger partial charge in [-0.25, -0.2) is 0 Å². The van der Waals surface area contributed by atoms with Crippen molar-refractivity contribution in [1.29, 1.82) is 5.26 Å². The normalized spacial score (nSPS) is 14.4. The largest absolute Gasteiger partial charge is 0.456 e. The summed E-state index contributed by atoms with van der Waals surface area (Å²) in [6, 6.07) is 104. The summed E-state index contributed by atoms with van der Waals surface area (Å²) in [5, 5.41) is 18.3. The number of hydrogen-bond acceptors (Lipinski definition) is 5. The van der Waals surface area contributed by atoms with Crippen molar-refractivity contribution >= 4 is 140 Å². The van der Waals surface area contributed by atoms with Crippen LogP contribution in [0.2, 0.25) is 0 Å². The maximum absolute atomic E-state index is 10.6. The van der Waals surface area contributed by atoms with Gasteiger partial charge in [0.1, 0.15) is 22.3 Å². The van der Waals surface area contributed by atoms with Gasteiger partial charge >= 0.3 is 0 Å². The molecule has 8 heteroatoms. The Morgan fingerprint density at radius 3 is 1.46 bits per heavy atom. The minimum atomic E-state index is -0.281. The van der Waals surface area contributed by atoms with E-state index in [0.29, 0.717) is 12.8 Å². The van der Waals surface area contributed by atoms with Crippen molar-refractivity contribution in [3.05, 3.63) is 313 Å².